The van der Waals surface area contributed by atoms with Gasteiger partial charge in [-0.3, -0.25) is 10.1 Å². The van der Waals surface area contributed by atoms with Crippen molar-refractivity contribution in [2.75, 3.05) is 18.4 Å². The molecule has 0 saturated carbocycles. The maximum Gasteiger partial charge on any atom is 0.259 e. The number of halogens is 3. The van der Waals surface area contributed by atoms with Gasteiger partial charge in [-0.15, -0.1) is 0 Å². The van der Waals surface area contributed by atoms with E-state index >= 15 is 0 Å². The summed E-state index contributed by atoms with van der Waals surface area (Å²) in [4.78, 5) is 16.7. The second kappa shape index (κ2) is 7.60. The van der Waals surface area contributed by atoms with Gasteiger partial charge in [-0.2, -0.15) is 4.31 Å². The predicted molar refractivity (Wildman–Crippen MR) is 107 cm³/mol. The number of benzene rings is 2. The minimum absolute atomic E-state index is 0.0256. The van der Waals surface area contributed by atoms with Gasteiger partial charge in [0.05, 0.1) is 25.7 Å². The lowest BCUT2D eigenvalue weighted by atomic mass is 10.2. The molecule has 29 heavy (non-hydrogen) atoms. The molecule has 0 radical (unpaired) electrons. The van der Waals surface area contributed by atoms with Crippen molar-refractivity contribution >= 4 is 54.2 Å². The van der Waals surface area contributed by atoms with E-state index in [9.17, 15) is 22.0 Å². The number of hydrogen-bond donors (Lipinski definition) is 1. The Morgan fingerprint density at radius 1 is 1.14 bits per heavy atom. The molecular weight excluding hydrogens is 444 g/mol. The van der Waals surface area contributed by atoms with Gasteiger partial charge < -0.3 is 0 Å². The van der Waals surface area contributed by atoms with Crippen molar-refractivity contribution < 1.29 is 22.0 Å². The molecule has 0 bridgehead atoms. The van der Waals surface area contributed by atoms with Crippen molar-refractivity contribution in [2.45, 2.75) is 17.7 Å². The standard InChI is InChI=1S/C18H14ClF2N3O3S2/c19-12-4-3-10(29(26,27)24-5-1-2-6-24)7-11(12)17(25)23-18-22-15-8-13(20)14(21)9-16(15)28-18/h3-4,7-9H,1-2,5-6H2,(H,22,23,25). The van der Waals surface area contributed by atoms with Crippen LogP contribution in [-0.4, -0.2) is 36.7 Å². The molecule has 1 fully saturated rings. The molecule has 1 saturated heterocycles. The molecule has 0 unspecified atom stereocenters. The van der Waals surface area contributed by atoms with Gasteiger partial charge in [-0.1, -0.05) is 22.9 Å². The van der Waals surface area contributed by atoms with E-state index in [0.29, 0.717) is 17.8 Å². The van der Waals surface area contributed by atoms with E-state index in [1.54, 1.807) is 0 Å². The molecule has 0 spiro atoms. The number of carbonyl (C=O) groups excluding carboxylic acids is 1. The summed E-state index contributed by atoms with van der Waals surface area (Å²) in [6.07, 6.45) is 1.58. The average Bonchev–Trinajstić information content (AvgIpc) is 3.32. The number of amides is 1. The number of hydrogen-bond acceptors (Lipinski definition) is 5. The minimum Gasteiger partial charge on any atom is -0.298 e. The highest BCUT2D eigenvalue weighted by molar-refractivity contribution is 7.89. The Morgan fingerprint density at radius 2 is 1.83 bits per heavy atom. The van der Waals surface area contributed by atoms with Crippen molar-refractivity contribution in [3.8, 4) is 0 Å². The summed E-state index contributed by atoms with van der Waals surface area (Å²) in [6, 6.07) is 5.86. The van der Waals surface area contributed by atoms with Gasteiger partial charge in [0.15, 0.2) is 16.8 Å². The van der Waals surface area contributed by atoms with Crippen LogP contribution in [0.4, 0.5) is 13.9 Å². The lowest BCUT2D eigenvalue weighted by molar-refractivity contribution is 0.102. The molecular formula is C18H14ClF2N3O3S2. The number of thiazole rings is 1. The van der Waals surface area contributed by atoms with Crippen LogP contribution in [0.5, 0.6) is 0 Å². The van der Waals surface area contributed by atoms with E-state index in [1.807, 2.05) is 0 Å². The largest absolute Gasteiger partial charge is 0.298 e. The third kappa shape index (κ3) is 3.85. The molecule has 1 N–H and O–H groups in total. The van der Waals surface area contributed by atoms with Crippen molar-refractivity contribution in [1.82, 2.24) is 9.29 Å². The molecule has 2 heterocycles. The number of rotatable bonds is 4. The average molecular weight is 458 g/mol. The maximum absolute atomic E-state index is 13.4. The van der Waals surface area contributed by atoms with E-state index in [0.717, 1.165) is 36.3 Å². The van der Waals surface area contributed by atoms with Gasteiger partial charge in [-0.05, 0) is 37.1 Å². The highest BCUT2D eigenvalue weighted by Gasteiger charge is 2.28. The van der Waals surface area contributed by atoms with Crippen LogP contribution in [0.25, 0.3) is 10.2 Å². The lowest BCUT2D eigenvalue weighted by Gasteiger charge is -2.16. The Morgan fingerprint density at radius 3 is 2.55 bits per heavy atom. The van der Waals surface area contributed by atoms with E-state index < -0.39 is 27.6 Å². The van der Waals surface area contributed by atoms with Crippen molar-refractivity contribution in [3.63, 3.8) is 0 Å². The second-order valence-electron chi connectivity index (χ2n) is 6.46. The molecule has 2 aromatic carbocycles. The van der Waals surface area contributed by atoms with Crippen molar-refractivity contribution in [1.29, 1.82) is 0 Å². The number of aromatic nitrogens is 1. The summed E-state index contributed by atoms with van der Waals surface area (Å²) in [5.74, 6) is -2.72. The highest BCUT2D eigenvalue weighted by Crippen LogP contribution is 2.30. The molecule has 0 atom stereocenters. The molecule has 152 valence electrons. The van der Waals surface area contributed by atoms with Gasteiger partial charge in [0.2, 0.25) is 10.0 Å². The van der Waals surface area contributed by atoms with Crippen LogP contribution in [0.3, 0.4) is 0 Å². The zero-order chi connectivity index (χ0) is 20.8. The number of sulfonamides is 1. The molecule has 11 heteroatoms. The molecule has 1 aliphatic rings. The van der Waals surface area contributed by atoms with Crippen LogP contribution in [0.15, 0.2) is 35.2 Å². The first-order chi connectivity index (χ1) is 13.8. The fraction of sp³-hybridized carbons (Fsp3) is 0.222. The van der Waals surface area contributed by atoms with Crippen LogP contribution >= 0.6 is 22.9 Å². The second-order valence-corrected chi connectivity index (χ2v) is 9.84. The Bertz CT molecular complexity index is 1190. The maximum atomic E-state index is 13.4. The third-order valence-electron chi connectivity index (χ3n) is 4.54. The number of carbonyl (C=O) groups is 1. The summed E-state index contributed by atoms with van der Waals surface area (Å²) in [7, 11) is -3.72. The monoisotopic (exact) mass is 457 g/mol. The van der Waals surface area contributed by atoms with Crippen LogP contribution < -0.4 is 5.32 Å². The third-order valence-corrected chi connectivity index (χ3v) is 7.69. The first kappa shape index (κ1) is 20.1. The molecule has 6 nitrogen and oxygen atoms in total. The quantitative estimate of drug-likeness (QED) is 0.634. The van der Waals surface area contributed by atoms with Crippen LogP contribution in [0.1, 0.15) is 23.2 Å². The van der Waals surface area contributed by atoms with Gasteiger partial charge in [-0.25, -0.2) is 22.2 Å². The fourth-order valence-corrected chi connectivity index (χ4v) is 5.67. The summed E-state index contributed by atoms with van der Waals surface area (Å²) in [5.41, 5.74) is 0.157. The summed E-state index contributed by atoms with van der Waals surface area (Å²) in [5, 5.41) is 2.69. The minimum atomic E-state index is -3.72. The Balaban J connectivity index is 1.63. The van der Waals surface area contributed by atoms with Gasteiger partial charge in [0.1, 0.15) is 0 Å². The van der Waals surface area contributed by atoms with E-state index in [-0.39, 0.29) is 26.1 Å². The fourth-order valence-electron chi connectivity index (χ4n) is 3.06. The topological polar surface area (TPSA) is 79.4 Å². The van der Waals surface area contributed by atoms with E-state index in [1.165, 1.54) is 22.5 Å². The van der Waals surface area contributed by atoms with Crippen LogP contribution in [0, 0.1) is 11.6 Å². The molecule has 4 rings (SSSR count). The van der Waals surface area contributed by atoms with Crippen molar-refractivity contribution in [2.24, 2.45) is 0 Å². The SMILES string of the molecule is O=C(Nc1nc2cc(F)c(F)cc2s1)c1cc(S(=O)(=O)N2CCCC2)ccc1Cl. The van der Waals surface area contributed by atoms with E-state index in [4.69, 9.17) is 11.6 Å². The molecule has 3 aromatic rings. The van der Waals surface area contributed by atoms with E-state index in [2.05, 4.69) is 10.3 Å². The molecule has 1 aliphatic heterocycles. The van der Waals surface area contributed by atoms with Crippen LogP contribution in [0.2, 0.25) is 5.02 Å². The Labute approximate surface area is 174 Å². The number of fused-ring (bicyclic) bond motifs is 1. The molecule has 1 amide bonds. The van der Waals surface area contributed by atoms with Gasteiger partial charge in [0, 0.05) is 19.2 Å². The first-order valence-electron chi connectivity index (χ1n) is 8.62. The molecule has 0 aliphatic carbocycles. The van der Waals surface area contributed by atoms with Gasteiger partial charge >= 0.3 is 0 Å². The van der Waals surface area contributed by atoms with Crippen LogP contribution in [-0.2, 0) is 10.0 Å². The number of nitrogens with zero attached hydrogens (tertiary/aromatic N) is 2. The van der Waals surface area contributed by atoms with Gasteiger partial charge in [0.25, 0.3) is 5.91 Å². The predicted octanol–water partition coefficient (Wildman–Crippen LogP) is 4.26. The zero-order valence-electron chi connectivity index (χ0n) is 14.8. The summed E-state index contributed by atoms with van der Waals surface area (Å²) in [6.45, 7) is 0.872. The lowest BCUT2D eigenvalue weighted by Crippen LogP contribution is -2.28. The Hall–Kier alpha value is -2.14. The number of anilines is 1. The normalized spacial score (nSPS) is 15.1. The highest BCUT2D eigenvalue weighted by atomic mass is 35.5. The summed E-state index contributed by atoms with van der Waals surface area (Å²) < 4.78 is 53.9. The molecule has 1 aromatic heterocycles. The summed E-state index contributed by atoms with van der Waals surface area (Å²) >= 11 is 7.06. The Kier molecular flexibility index (Phi) is 5.28. The van der Waals surface area contributed by atoms with Crippen molar-refractivity contribution in [3.05, 3.63) is 52.6 Å². The first-order valence-corrected chi connectivity index (χ1v) is 11.3. The smallest absolute Gasteiger partial charge is 0.259 e. The number of nitrogens with one attached hydrogen (secondary N) is 1. The zero-order valence-corrected chi connectivity index (χ0v) is 17.2.